The number of pyridine rings is 1. The molecule has 4 nitrogen and oxygen atoms in total. The Morgan fingerprint density at radius 1 is 1.28 bits per heavy atom. The van der Waals surface area contributed by atoms with Crippen molar-refractivity contribution in [3.8, 4) is 6.07 Å². The van der Waals surface area contributed by atoms with Gasteiger partial charge in [0.15, 0.2) is 5.60 Å². The van der Waals surface area contributed by atoms with Crippen molar-refractivity contribution in [3.05, 3.63) is 76.7 Å². The standard InChI is InChI=1S/C20H17ClN2O2/c1-24-18-10-9-14(6-5-11-22)13-20(18,25-2)16-12-15-7-3-4-8-17(15)23-19(16)21/h3-10,12H,13H2,1-2H3/b6-5-. The van der Waals surface area contributed by atoms with Crippen LogP contribution in [0.15, 0.2) is 66.0 Å². The molecular weight excluding hydrogens is 336 g/mol. The molecule has 0 radical (unpaired) electrons. The van der Waals surface area contributed by atoms with Gasteiger partial charge in [0.25, 0.3) is 0 Å². The molecule has 0 aliphatic heterocycles. The quantitative estimate of drug-likeness (QED) is 0.592. The molecular formula is C20H17ClN2O2. The van der Waals surface area contributed by atoms with E-state index in [0.29, 0.717) is 17.3 Å². The Labute approximate surface area is 151 Å². The number of aromatic nitrogens is 1. The van der Waals surface area contributed by atoms with Crippen molar-refractivity contribution in [2.45, 2.75) is 12.0 Å². The summed E-state index contributed by atoms with van der Waals surface area (Å²) in [6.07, 6.45) is 7.44. The van der Waals surface area contributed by atoms with Gasteiger partial charge in [0.2, 0.25) is 0 Å². The molecule has 1 heterocycles. The number of nitrogens with zero attached hydrogens (tertiary/aromatic N) is 2. The molecule has 0 amide bonds. The fraction of sp³-hybridized carbons (Fsp3) is 0.200. The maximum atomic E-state index is 8.80. The molecule has 1 aliphatic carbocycles. The number of allylic oxidation sites excluding steroid dienone is 4. The highest BCUT2D eigenvalue weighted by Gasteiger charge is 2.42. The largest absolute Gasteiger partial charge is 0.498 e. The molecule has 1 aromatic carbocycles. The number of methoxy groups -OCH3 is 2. The number of halogens is 1. The molecule has 1 aromatic heterocycles. The molecule has 0 spiro atoms. The average molecular weight is 353 g/mol. The summed E-state index contributed by atoms with van der Waals surface area (Å²) in [5.41, 5.74) is 1.60. The zero-order chi connectivity index (χ0) is 17.9. The third-order valence-electron chi connectivity index (χ3n) is 4.35. The molecule has 25 heavy (non-hydrogen) atoms. The minimum atomic E-state index is -0.896. The van der Waals surface area contributed by atoms with Crippen LogP contribution in [-0.4, -0.2) is 19.2 Å². The molecule has 0 N–H and O–H groups in total. The lowest BCUT2D eigenvalue weighted by Crippen LogP contribution is -2.34. The van der Waals surface area contributed by atoms with Crippen molar-refractivity contribution in [3.63, 3.8) is 0 Å². The van der Waals surface area contributed by atoms with Gasteiger partial charge in [0.05, 0.1) is 18.7 Å². The van der Waals surface area contributed by atoms with Gasteiger partial charge in [-0.1, -0.05) is 35.9 Å². The van der Waals surface area contributed by atoms with Crippen LogP contribution >= 0.6 is 11.6 Å². The van der Waals surface area contributed by atoms with E-state index in [1.165, 1.54) is 6.08 Å². The second-order valence-electron chi connectivity index (χ2n) is 5.67. The number of nitriles is 1. The Balaban J connectivity index is 2.19. The van der Waals surface area contributed by atoms with Gasteiger partial charge in [-0.25, -0.2) is 4.98 Å². The van der Waals surface area contributed by atoms with Crippen LogP contribution in [0, 0.1) is 11.3 Å². The zero-order valence-electron chi connectivity index (χ0n) is 14.0. The van der Waals surface area contributed by atoms with E-state index in [9.17, 15) is 0 Å². The van der Waals surface area contributed by atoms with Crippen LogP contribution in [0.4, 0.5) is 0 Å². The van der Waals surface area contributed by atoms with E-state index in [-0.39, 0.29) is 0 Å². The maximum Gasteiger partial charge on any atom is 0.156 e. The monoisotopic (exact) mass is 352 g/mol. The normalized spacial score (nSPS) is 20.2. The lowest BCUT2D eigenvalue weighted by atomic mass is 9.81. The Morgan fingerprint density at radius 3 is 2.80 bits per heavy atom. The molecule has 1 unspecified atom stereocenters. The lowest BCUT2D eigenvalue weighted by Gasteiger charge is -2.37. The third-order valence-corrected chi connectivity index (χ3v) is 4.64. The Hall–Kier alpha value is -2.61. The highest BCUT2D eigenvalue weighted by Crippen LogP contribution is 2.45. The first-order chi connectivity index (χ1) is 12.1. The van der Waals surface area contributed by atoms with Gasteiger partial charge in [0, 0.05) is 30.6 Å². The first kappa shape index (κ1) is 17.2. The fourth-order valence-corrected chi connectivity index (χ4v) is 3.43. The minimum Gasteiger partial charge on any atom is -0.498 e. The Bertz CT molecular complexity index is 940. The van der Waals surface area contributed by atoms with Gasteiger partial charge in [-0.15, -0.1) is 0 Å². The van der Waals surface area contributed by atoms with Crippen LogP contribution in [0.1, 0.15) is 12.0 Å². The van der Waals surface area contributed by atoms with Crippen LogP contribution in [0.5, 0.6) is 0 Å². The predicted molar refractivity (Wildman–Crippen MR) is 98.0 cm³/mol. The van der Waals surface area contributed by atoms with Crippen LogP contribution in [0.3, 0.4) is 0 Å². The number of hydrogen-bond donors (Lipinski definition) is 0. The molecule has 2 aromatic rings. The summed E-state index contributed by atoms with van der Waals surface area (Å²) >= 11 is 6.52. The number of benzene rings is 1. The maximum absolute atomic E-state index is 8.80. The zero-order valence-corrected chi connectivity index (χ0v) is 14.7. The number of para-hydroxylation sites is 1. The van der Waals surface area contributed by atoms with E-state index < -0.39 is 5.60 Å². The second-order valence-corrected chi connectivity index (χ2v) is 6.02. The SMILES string of the molecule is COC1=CC=C(/C=C\C#N)CC1(OC)c1cc2ccccc2nc1Cl. The average Bonchev–Trinajstić information content (AvgIpc) is 2.65. The van der Waals surface area contributed by atoms with E-state index in [4.69, 9.17) is 26.3 Å². The van der Waals surface area contributed by atoms with E-state index in [0.717, 1.165) is 22.0 Å². The second kappa shape index (κ2) is 7.10. The van der Waals surface area contributed by atoms with Gasteiger partial charge in [0.1, 0.15) is 10.9 Å². The molecule has 0 bridgehead atoms. The Morgan fingerprint density at radius 2 is 2.08 bits per heavy atom. The van der Waals surface area contributed by atoms with Crippen molar-refractivity contribution in [1.82, 2.24) is 4.98 Å². The molecule has 0 fully saturated rings. The van der Waals surface area contributed by atoms with E-state index >= 15 is 0 Å². The van der Waals surface area contributed by atoms with Crippen LogP contribution in [0.25, 0.3) is 10.9 Å². The van der Waals surface area contributed by atoms with Crippen molar-refractivity contribution in [1.29, 1.82) is 5.26 Å². The van der Waals surface area contributed by atoms with Crippen molar-refractivity contribution in [2.75, 3.05) is 14.2 Å². The topological polar surface area (TPSA) is 55.1 Å². The predicted octanol–water partition coefficient (Wildman–Crippen LogP) is 4.67. The summed E-state index contributed by atoms with van der Waals surface area (Å²) in [6, 6.07) is 11.8. The fourth-order valence-electron chi connectivity index (χ4n) is 3.13. The van der Waals surface area contributed by atoms with Crippen molar-refractivity contribution < 1.29 is 9.47 Å². The molecule has 3 rings (SSSR count). The summed E-state index contributed by atoms with van der Waals surface area (Å²) in [5, 5.41) is 10.1. The summed E-state index contributed by atoms with van der Waals surface area (Å²) < 4.78 is 11.5. The number of fused-ring (bicyclic) bond motifs is 1. The highest BCUT2D eigenvalue weighted by molar-refractivity contribution is 6.30. The van der Waals surface area contributed by atoms with E-state index in [2.05, 4.69) is 4.98 Å². The molecule has 0 saturated heterocycles. The molecule has 1 atom stereocenters. The van der Waals surface area contributed by atoms with E-state index in [1.807, 2.05) is 48.6 Å². The number of hydrogen-bond acceptors (Lipinski definition) is 4. The number of ether oxygens (including phenoxy) is 2. The lowest BCUT2D eigenvalue weighted by molar-refractivity contribution is -0.0244. The molecule has 0 saturated carbocycles. The van der Waals surface area contributed by atoms with Crippen LogP contribution in [-0.2, 0) is 15.1 Å². The summed E-state index contributed by atoms with van der Waals surface area (Å²) in [7, 11) is 3.22. The van der Waals surface area contributed by atoms with Gasteiger partial charge < -0.3 is 9.47 Å². The van der Waals surface area contributed by atoms with Gasteiger partial charge >= 0.3 is 0 Å². The van der Waals surface area contributed by atoms with Gasteiger partial charge in [-0.3, -0.25) is 0 Å². The van der Waals surface area contributed by atoms with Gasteiger partial charge in [-0.05, 0) is 29.9 Å². The summed E-state index contributed by atoms with van der Waals surface area (Å²) in [4.78, 5) is 4.51. The van der Waals surface area contributed by atoms with E-state index in [1.54, 1.807) is 20.3 Å². The van der Waals surface area contributed by atoms with Crippen LogP contribution < -0.4 is 0 Å². The van der Waals surface area contributed by atoms with Crippen molar-refractivity contribution in [2.24, 2.45) is 0 Å². The third kappa shape index (κ3) is 3.05. The van der Waals surface area contributed by atoms with Crippen LogP contribution in [0.2, 0.25) is 5.15 Å². The molecule has 126 valence electrons. The minimum absolute atomic E-state index is 0.369. The number of rotatable bonds is 4. The summed E-state index contributed by atoms with van der Waals surface area (Å²) in [5.74, 6) is 0.642. The van der Waals surface area contributed by atoms with Gasteiger partial charge in [-0.2, -0.15) is 5.26 Å². The Kier molecular flexibility index (Phi) is 4.89. The first-order valence-corrected chi connectivity index (χ1v) is 8.15. The van der Waals surface area contributed by atoms with Crippen molar-refractivity contribution >= 4 is 22.5 Å². The smallest absolute Gasteiger partial charge is 0.156 e. The first-order valence-electron chi connectivity index (χ1n) is 7.77. The summed E-state index contributed by atoms with van der Waals surface area (Å²) in [6.45, 7) is 0. The highest BCUT2D eigenvalue weighted by atomic mass is 35.5. The molecule has 5 heteroatoms. The molecule has 1 aliphatic rings.